The van der Waals surface area contributed by atoms with Gasteiger partial charge < -0.3 is 5.11 Å². The lowest BCUT2D eigenvalue weighted by molar-refractivity contribution is -0.385. The van der Waals surface area contributed by atoms with E-state index in [4.69, 9.17) is 5.11 Å². The molecule has 0 fully saturated rings. The fraction of sp³-hybridized carbons (Fsp3) is 0.429. The highest BCUT2D eigenvalue weighted by atomic mass is 16.6. The van der Waals surface area contributed by atoms with E-state index < -0.39 is 16.9 Å². The van der Waals surface area contributed by atoms with E-state index in [2.05, 4.69) is 5.10 Å². The second-order valence-electron chi connectivity index (χ2n) is 2.70. The third kappa shape index (κ3) is 1.87. The minimum Gasteiger partial charge on any atom is -0.480 e. The summed E-state index contributed by atoms with van der Waals surface area (Å²) in [5.74, 6) is -1.05. The van der Waals surface area contributed by atoms with Crippen LogP contribution in [0.3, 0.4) is 0 Å². The smallest absolute Gasteiger partial charge is 0.328 e. The zero-order chi connectivity index (χ0) is 10.7. The van der Waals surface area contributed by atoms with Crippen LogP contribution in [-0.2, 0) is 4.79 Å². The largest absolute Gasteiger partial charge is 0.480 e. The number of nitrogens with zero attached hydrogens (tertiary/aromatic N) is 3. The van der Waals surface area contributed by atoms with Gasteiger partial charge in [-0.15, -0.1) is 0 Å². The van der Waals surface area contributed by atoms with Crippen molar-refractivity contribution >= 4 is 11.7 Å². The Hall–Kier alpha value is -1.92. The standard InChI is InChI=1S/C7H9N3O4/c1-2-6(7(11)12)9-4-5(3-8-9)10(13)14/h3-4,6H,2H2,1H3,(H,11,12)/t6-/m0/s1. The molecular weight excluding hydrogens is 190 g/mol. The Kier molecular flexibility index (Phi) is 2.80. The fourth-order valence-corrected chi connectivity index (χ4v) is 1.07. The fourth-order valence-electron chi connectivity index (χ4n) is 1.07. The van der Waals surface area contributed by atoms with Crippen LogP contribution in [0.15, 0.2) is 12.4 Å². The summed E-state index contributed by atoms with van der Waals surface area (Å²) in [4.78, 5) is 20.4. The van der Waals surface area contributed by atoms with Gasteiger partial charge in [0.05, 0.1) is 4.92 Å². The molecule has 0 radical (unpaired) electrons. The van der Waals surface area contributed by atoms with E-state index >= 15 is 0 Å². The van der Waals surface area contributed by atoms with Gasteiger partial charge in [-0.05, 0) is 6.42 Å². The molecule has 1 rings (SSSR count). The number of rotatable bonds is 4. The molecule has 1 atom stereocenters. The quantitative estimate of drug-likeness (QED) is 0.571. The summed E-state index contributed by atoms with van der Waals surface area (Å²) in [5, 5.41) is 22.7. The minimum absolute atomic E-state index is 0.204. The van der Waals surface area contributed by atoms with E-state index in [0.717, 1.165) is 17.1 Å². The molecule has 0 saturated heterocycles. The SMILES string of the molecule is CC[C@@H](C(=O)O)n1cc([N+](=O)[O-])cn1. The highest BCUT2D eigenvalue weighted by Crippen LogP contribution is 2.15. The maximum atomic E-state index is 10.7. The highest BCUT2D eigenvalue weighted by Gasteiger charge is 2.20. The Morgan fingerprint density at radius 1 is 1.86 bits per heavy atom. The van der Waals surface area contributed by atoms with E-state index in [1.165, 1.54) is 0 Å². The number of carboxylic acids is 1. The third-order valence-electron chi connectivity index (χ3n) is 1.79. The van der Waals surface area contributed by atoms with Crippen LogP contribution < -0.4 is 0 Å². The summed E-state index contributed by atoms with van der Waals surface area (Å²) >= 11 is 0. The lowest BCUT2D eigenvalue weighted by atomic mass is 10.2. The maximum Gasteiger partial charge on any atom is 0.328 e. The Labute approximate surface area is 79.1 Å². The van der Waals surface area contributed by atoms with Gasteiger partial charge in [-0.1, -0.05) is 6.92 Å². The van der Waals surface area contributed by atoms with Gasteiger partial charge in [-0.25, -0.2) is 4.79 Å². The molecule has 76 valence electrons. The minimum atomic E-state index is -1.05. The van der Waals surface area contributed by atoms with Crippen LogP contribution >= 0.6 is 0 Å². The average Bonchev–Trinajstić information content (AvgIpc) is 2.53. The first-order chi connectivity index (χ1) is 6.56. The Bertz CT molecular complexity index is 360. The zero-order valence-corrected chi connectivity index (χ0v) is 7.45. The van der Waals surface area contributed by atoms with Crippen molar-refractivity contribution in [3.05, 3.63) is 22.5 Å². The number of carbonyl (C=O) groups is 1. The summed E-state index contributed by atoms with van der Waals surface area (Å²) in [6.45, 7) is 1.67. The van der Waals surface area contributed by atoms with Gasteiger partial charge in [0.15, 0.2) is 0 Å². The molecule has 0 bridgehead atoms. The monoisotopic (exact) mass is 199 g/mol. The topological polar surface area (TPSA) is 98.3 Å². The summed E-state index contributed by atoms with van der Waals surface area (Å²) in [6.07, 6.45) is 2.47. The van der Waals surface area contributed by atoms with E-state index in [9.17, 15) is 14.9 Å². The Morgan fingerprint density at radius 2 is 2.50 bits per heavy atom. The number of aromatic nitrogens is 2. The van der Waals surface area contributed by atoms with Crippen LogP contribution in [0, 0.1) is 10.1 Å². The van der Waals surface area contributed by atoms with Crippen LogP contribution in [0.4, 0.5) is 5.69 Å². The molecule has 0 saturated carbocycles. The van der Waals surface area contributed by atoms with Crippen molar-refractivity contribution in [3.63, 3.8) is 0 Å². The molecule has 14 heavy (non-hydrogen) atoms. The summed E-state index contributed by atoms with van der Waals surface area (Å²) in [7, 11) is 0. The van der Waals surface area contributed by atoms with Gasteiger partial charge in [-0.3, -0.25) is 14.8 Å². The molecule has 1 heterocycles. The van der Waals surface area contributed by atoms with E-state index in [1.807, 2.05) is 0 Å². The van der Waals surface area contributed by atoms with Crippen LogP contribution in [-0.4, -0.2) is 25.8 Å². The van der Waals surface area contributed by atoms with Crippen molar-refractivity contribution in [2.75, 3.05) is 0 Å². The zero-order valence-electron chi connectivity index (χ0n) is 7.45. The average molecular weight is 199 g/mol. The first kappa shape index (κ1) is 10.2. The number of nitro groups is 1. The normalized spacial score (nSPS) is 12.4. The molecule has 0 unspecified atom stereocenters. The highest BCUT2D eigenvalue weighted by molar-refractivity contribution is 5.71. The lowest BCUT2D eigenvalue weighted by Crippen LogP contribution is -2.18. The number of aliphatic carboxylic acids is 1. The number of carboxylic acid groups (broad SMARTS) is 1. The van der Waals surface area contributed by atoms with E-state index in [0.29, 0.717) is 6.42 Å². The van der Waals surface area contributed by atoms with Crippen molar-refractivity contribution in [2.45, 2.75) is 19.4 Å². The maximum absolute atomic E-state index is 10.7. The first-order valence-corrected chi connectivity index (χ1v) is 3.97. The van der Waals surface area contributed by atoms with E-state index in [-0.39, 0.29) is 5.69 Å². The molecule has 1 aromatic rings. The van der Waals surface area contributed by atoms with Gasteiger partial charge in [-0.2, -0.15) is 5.10 Å². The summed E-state index contributed by atoms with van der Waals surface area (Å²) in [6, 6.07) is -0.844. The van der Waals surface area contributed by atoms with Gasteiger partial charge in [0.1, 0.15) is 18.4 Å². The number of hydrogen-bond acceptors (Lipinski definition) is 4. The van der Waals surface area contributed by atoms with Crippen LogP contribution in [0.2, 0.25) is 0 Å². The second-order valence-corrected chi connectivity index (χ2v) is 2.70. The molecule has 0 aliphatic carbocycles. The van der Waals surface area contributed by atoms with Crippen molar-refractivity contribution in [2.24, 2.45) is 0 Å². The van der Waals surface area contributed by atoms with Crippen LogP contribution in [0.5, 0.6) is 0 Å². The van der Waals surface area contributed by atoms with Crippen LogP contribution in [0.25, 0.3) is 0 Å². The molecular formula is C7H9N3O4. The van der Waals surface area contributed by atoms with Gasteiger partial charge in [0.25, 0.3) is 0 Å². The predicted octanol–water partition coefficient (Wildman–Crippen LogP) is 0.827. The molecule has 0 aliphatic rings. The summed E-state index contributed by atoms with van der Waals surface area (Å²) < 4.78 is 1.08. The summed E-state index contributed by atoms with van der Waals surface area (Å²) in [5.41, 5.74) is -0.204. The van der Waals surface area contributed by atoms with Crippen molar-refractivity contribution < 1.29 is 14.8 Å². The molecule has 1 N–H and O–H groups in total. The molecule has 0 aliphatic heterocycles. The first-order valence-electron chi connectivity index (χ1n) is 3.97. The van der Waals surface area contributed by atoms with Crippen molar-refractivity contribution in [3.8, 4) is 0 Å². The Balaban J connectivity index is 2.95. The molecule has 7 nitrogen and oxygen atoms in total. The predicted molar refractivity (Wildman–Crippen MR) is 45.8 cm³/mol. The van der Waals surface area contributed by atoms with Crippen molar-refractivity contribution in [1.82, 2.24) is 9.78 Å². The van der Waals surface area contributed by atoms with E-state index in [1.54, 1.807) is 6.92 Å². The second kappa shape index (κ2) is 3.86. The number of hydrogen-bond donors (Lipinski definition) is 1. The van der Waals surface area contributed by atoms with Gasteiger partial charge >= 0.3 is 11.7 Å². The Morgan fingerprint density at radius 3 is 2.86 bits per heavy atom. The van der Waals surface area contributed by atoms with Crippen LogP contribution in [0.1, 0.15) is 19.4 Å². The third-order valence-corrected chi connectivity index (χ3v) is 1.79. The molecule has 1 aromatic heterocycles. The van der Waals surface area contributed by atoms with Gasteiger partial charge in [0.2, 0.25) is 0 Å². The lowest BCUT2D eigenvalue weighted by Gasteiger charge is -2.08. The van der Waals surface area contributed by atoms with Gasteiger partial charge in [0, 0.05) is 0 Å². The molecule has 0 spiro atoms. The molecule has 0 aromatic carbocycles. The molecule has 7 heteroatoms. The molecule has 0 amide bonds. The van der Waals surface area contributed by atoms with Crippen molar-refractivity contribution in [1.29, 1.82) is 0 Å².